The SMILES string of the molecule is CC(C)[C@H]1Oc2ccc(cc2)/C=C\NC(=O)[C@H](Cc2ccccc2)NC(=O)[C@H]1NC(=O)[C@@H]1CCCN1C. The number of benzene rings is 2. The largest absolute Gasteiger partial charge is 0.487 e. The summed E-state index contributed by atoms with van der Waals surface area (Å²) in [5.41, 5.74) is 1.80. The summed E-state index contributed by atoms with van der Waals surface area (Å²) >= 11 is 0. The molecule has 5 rings (SSSR count). The van der Waals surface area contributed by atoms with Gasteiger partial charge in [-0.2, -0.15) is 0 Å². The molecule has 37 heavy (non-hydrogen) atoms. The zero-order valence-electron chi connectivity index (χ0n) is 21.6. The Kier molecular flexibility index (Phi) is 8.61. The third-order valence-electron chi connectivity index (χ3n) is 6.96. The Balaban J connectivity index is 1.68. The molecule has 0 spiro atoms. The van der Waals surface area contributed by atoms with Gasteiger partial charge in [-0.1, -0.05) is 56.3 Å². The summed E-state index contributed by atoms with van der Waals surface area (Å²) < 4.78 is 6.31. The third-order valence-corrected chi connectivity index (χ3v) is 6.96. The van der Waals surface area contributed by atoms with Gasteiger partial charge < -0.3 is 20.7 Å². The van der Waals surface area contributed by atoms with E-state index in [0.29, 0.717) is 12.2 Å². The molecule has 2 aromatic rings. The van der Waals surface area contributed by atoms with Gasteiger partial charge in [0, 0.05) is 12.6 Å². The number of likely N-dealkylation sites (tertiary alicyclic amines) is 1. The van der Waals surface area contributed by atoms with Crippen LogP contribution in [0.2, 0.25) is 0 Å². The van der Waals surface area contributed by atoms with Gasteiger partial charge in [0.25, 0.3) is 0 Å². The summed E-state index contributed by atoms with van der Waals surface area (Å²) in [5, 5.41) is 8.68. The second-order valence-electron chi connectivity index (χ2n) is 10.1. The fourth-order valence-electron chi connectivity index (χ4n) is 4.83. The monoisotopic (exact) mass is 504 g/mol. The molecule has 3 heterocycles. The summed E-state index contributed by atoms with van der Waals surface area (Å²) in [4.78, 5) is 42.3. The number of nitrogens with one attached hydrogen (secondary N) is 3. The highest BCUT2D eigenvalue weighted by atomic mass is 16.5. The Morgan fingerprint density at radius 3 is 2.46 bits per heavy atom. The van der Waals surface area contributed by atoms with E-state index in [4.69, 9.17) is 4.74 Å². The Labute approximate surface area is 218 Å². The first-order valence-electron chi connectivity index (χ1n) is 12.9. The molecule has 3 amide bonds. The normalized spacial score (nSPS) is 25.6. The van der Waals surface area contributed by atoms with Gasteiger partial charge in [0.2, 0.25) is 17.7 Å². The molecule has 0 unspecified atom stereocenters. The predicted octanol–water partition coefficient (Wildman–Crippen LogP) is 2.50. The fraction of sp³-hybridized carbons (Fsp3) is 0.414. The van der Waals surface area contributed by atoms with Gasteiger partial charge in [-0.25, -0.2) is 0 Å². The number of fused-ring (bicyclic) bond motifs is 10. The van der Waals surface area contributed by atoms with Gasteiger partial charge in [0.05, 0.1) is 6.04 Å². The molecule has 3 N–H and O–H groups in total. The summed E-state index contributed by atoms with van der Waals surface area (Å²) in [5.74, 6) is -0.516. The number of ether oxygens (including phenoxy) is 1. The number of hydrogen-bond acceptors (Lipinski definition) is 5. The van der Waals surface area contributed by atoms with Crippen molar-refractivity contribution in [3.63, 3.8) is 0 Å². The number of hydrogen-bond donors (Lipinski definition) is 3. The molecule has 0 radical (unpaired) electrons. The number of nitrogens with zero attached hydrogens (tertiary/aromatic N) is 1. The van der Waals surface area contributed by atoms with Crippen LogP contribution in [0.3, 0.4) is 0 Å². The topological polar surface area (TPSA) is 99.8 Å². The highest BCUT2D eigenvalue weighted by Gasteiger charge is 2.38. The van der Waals surface area contributed by atoms with Crippen LogP contribution in [-0.2, 0) is 20.8 Å². The van der Waals surface area contributed by atoms with Crippen molar-refractivity contribution in [1.82, 2.24) is 20.9 Å². The van der Waals surface area contributed by atoms with E-state index in [9.17, 15) is 14.4 Å². The van der Waals surface area contributed by atoms with E-state index < -0.39 is 24.1 Å². The van der Waals surface area contributed by atoms with Crippen molar-refractivity contribution < 1.29 is 19.1 Å². The maximum absolute atomic E-state index is 13.8. The second-order valence-corrected chi connectivity index (χ2v) is 10.1. The highest BCUT2D eigenvalue weighted by molar-refractivity contribution is 5.94. The van der Waals surface area contributed by atoms with Gasteiger partial charge in [0.15, 0.2) is 0 Å². The summed E-state index contributed by atoms with van der Waals surface area (Å²) in [6, 6.07) is 14.8. The smallest absolute Gasteiger partial charge is 0.247 e. The minimum Gasteiger partial charge on any atom is -0.487 e. The molecule has 0 aromatic heterocycles. The molecule has 1 fully saturated rings. The molecule has 8 nitrogen and oxygen atoms in total. The lowest BCUT2D eigenvalue weighted by atomic mass is 9.96. The van der Waals surface area contributed by atoms with Crippen molar-refractivity contribution in [2.24, 2.45) is 5.92 Å². The lowest BCUT2D eigenvalue weighted by Crippen LogP contribution is -2.61. The molecule has 8 heteroatoms. The standard InChI is InChI=1S/C29H36N4O4/c1-19(2)26-25(32-28(35)24-10-7-17-33(24)3)29(36)31-23(18-21-8-5-4-6-9-21)27(34)30-16-15-20-11-13-22(37-26)14-12-20/h4-6,8-9,11-16,19,23-26H,7,10,17-18H2,1-3H3,(H,30,34)(H,31,36)(H,32,35)/b16-15-/t23-,24-,25-,26+/m0/s1. The first-order valence-corrected chi connectivity index (χ1v) is 12.9. The number of carbonyl (C=O) groups is 3. The number of carbonyl (C=O) groups excluding carboxylic acids is 3. The van der Waals surface area contributed by atoms with Crippen LogP contribution < -0.4 is 20.7 Å². The van der Waals surface area contributed by atoms with Gasteiger partial charge in [-0.05, 0) is 61.7 Å². The van der Waals surface area contributed by atoms with Crippen molar-refractivity contribution in [3.8, 4) is 5.75 Å². The minimum atomic E-state index is -0.995. The Bertz CT molecular complexity index is 1120. The summed E-state index contributed by atoms with van der Waals surface area (Å²) in [6.07, 6.45) is 4.67. The van der Waals surface area contributed by atoms with E-state index in [-0.39, 0.29) is 23.8 Å². The van der Waals surface area contributed by atoms with Crippen molar-refractivity contribution >= 4 is 23.8 Å². The Morgan fingerprint density at radius 1 is 1.08 bits per heavy atom. The van der Waals surface area contributed by atoms with E-state index in [0.717, 1.165) is 30.5 Å². The molecule has 2 aromatic carbocycles. The van der Waals surface area contributed by atoms with Crippen LogP contribution in [0, 0.1) is 5.92 Å². The zero-order valence-corrected chi connectivity index (χ0v) is 21.6. The molecule has 4 atom stereocenters. The molecule has 3 aliphatic heterocycles. The molecule has 0 saturated carbocycles. The van der Waals surface area contributed by atoms with E-state index in [1.54, 1.807) is 12.3 Å². The van der Waals surface area contributed by atoms with Crippen LogP contribution in [0.4, 0.5) is 0 Å². The first-order chi connectivity index (χ1) is 17.8. The average molecular weight is 505 g/mol. The van der Waals surface area contributed by atoms with Crippen LogP contribution in [0.5, 0.6) is 5.75 Å². The highest BCUT2D eigenvalue weighted by Crippen LogP contribution is 2.22. The number of rotatable bonds is 5. The van der Waals surface area contributed by atoms with Crippen molar-refractivity contribution in [2.45, 2.75) is 57.3 Å². The zero-order chi connectivity index (χ0) is 26.4. The van der Waals surface area contributed by atoms with Gasteiger partial charge in [-0.3, -0.25) is 19.3 Å². The second kappa shape index (κ2) is 12.1. The van der Waals surface area contributed by atoms with Gasteiger partial charge in [0.1, 0.15) is 23.9 Å². The molecular weight excluding hydrogens is 468 g/mol. The quantitative estimate of drug-likeness (QED) is 0.581. The molecule has 2 bridgehead atoms. The molecule has 0 aliphatic carbocycles. The van der Waals surface area contributed by atoms with Crippen LogP contribution in [-0.4, -0.2) is 60.4 Å². The molecule has 196 valence electrons. The molecular formula is C29H36N4O4. The van der Waals surface area contributed by atoms with E-state index in [2.05, 4.69) is 16.0 Å². The van der Waals surface area contributed by atoms with Crippen LogP contribution >= 0.6 is 0 Å². The van der Waals surface area contributed by atoms with Crippen LogP contribution in [0.1, 0.15) is 37.8 Å². The maximum Gasteiger partial charge on any atom is 0.247 e. The van der Waals surface area contributed by atoms with E-state index >= 15 is 0 Å². The van der Waals surface area contributed by atoms with Crippen LogP contribution in [0.25, 0.3) is 6.08 Å². The molecule has 1 saturated heterocycles. The molecule has 3 aliphatic rings. The van der Waals surface area contributed by atoms with Crippen molar-refractivity contribution in [2.75, 3.05) is 13.6 Å². The Hall–Kier alpha value is -3.65. The van der Waals surface area contributed by atoms with Crippen LogP contribution in [0.15, 0.2) is 60.8 Å². The number of amides is 3. The summed E-state index contributed by atoms with van der Waals surface area (Å²) in [7, 11) is 1.91. The van der Waals surface area contributed by atoms with E-state index in [1.165, 1.54) is 0 Å². The number of likely N-dealkylation sites (N-methyl/N-ethyl adjacent to an activating group) is 1. The Morgan fingerprint density at radius 2 is 1.81 bits per heavy atom. The van der Waals surface area contributed by atoms with Crippen molar-refractivity contribution in [1.29, 1.82) is 0 Å². The minimum absolute atomic E-state index is 0.105. The fourth-order valence-corrected chi connectivity index (χ4v) is 4.83. The first kappa shape index (κ1) is 26.4. The van der Waals surface area contributed by atoms with E-state index in [1.807, 2.05) is 80.4 Å². The lowest BCUT2D eigenvalue weighted by molar-refractivity contribution is -0.135. The average Bonchev–Trinajstić information content (AvgIpc) is 3.32. The predicted molar refractivity (Wildman–Crippen MR) is 143 cm³/mol. The summed E-state index contributed by atoms with van der Waals surface area (Å²) in [6.45, 7) is 4.73. The third kappa shape index (κ3) is 6.77. The van der Waals surface area contributed by atoms with Gasteiger partial charge >= 0.3 is 0 Å². The van der Waals surface area contributed by atoms with Gasteiger partial charge in [-0.15, -0.1) is 0 Å². The van der Waals surface area contributed by atoms with Crippen molar-refractivity contribution in [3.05, 3.63) is 71.9 Å². The maximum atomic E-state index is 13.8. The lowest BCUT2D eigenvalue weighted by Gasteiger charge is -2.33.